The van der Waals surface area contributed by atoms with E-state index in [2.05, 4.69) is 27.4 Å². The molecule has 1 saturated heterocycles. The average molecular weight is 402 g/mol. The Morgan fingerprint density at radius 3 is 2.79 bits per heavy atom. The molecule has 1 fully saturated rings. The van der Waals surface area contributed by atoms with E-state index < -0.39 is 5.60 Å². The van der Waals surface area contributed by atoms with Crippen molar-refractivity contribution in [2.75, 3.05) is 38.0 Å². The molecule has 1 aromatic rings. The lowest BCUT2D eigenvalue weighted by Crippen LogP contribution is -2.58. The molecule has 158 valence electrons. The lowest BCUT2D eigenvalue weighted by molar-refractivity contribution is -0.115. The van der Waals surface area contributed by atoms with Gasteiger partial charge in [-0.25, -0.2) is 4.79 Å². The van der Waals surface area contributed by atoms with E-state index in [4.69, 9.17) is 4.74 Å². The van der Waals surface area contributed by atoms with Crippen LogP contribution in [0.25, 0.3) is 0 Å². The van der Waals surface area contributed by atoms with Gasteiger partial charge >= 0.3 is 6.09 Å². The van der Waals surface area contributed by atoms with Crippen LogP contribution in [-0.2, 0) is 16.0 Å². The van der Waals surface area contributed by atoms with Crippen LogP contribution in [0.3, 0.4) is 0 Å². The standard InChI is InChI=1S/C21H31N5O3/c1-5-15-7-6-8-16(11-15)24-18(27)13-23-19-22-12-17-14-25(9-10-26(17)19)20(28)29-21(2,3)4/h6-8,11,17H,5,9-10,12-14H2,1-4H3,(H,22,23)(H,24,27). The molecule has 0 radical (unpaired) electrons. The second-order valence-corrected chi connectivity index (χ2v) is 8.39. The highest BCUT2D eigenvalue weighted by Crippen LogP contribution is 2.18. The molecule has 3 rings (SSSR count). The summed E-state index contributed by atoms with van der Waals surface area (Å²) in [7, 11) is 0. The van der Waals surface area contributed by atoms with Crippen LogP contribution in [0.1, 0.15) is 33.3 Å². The van der Waals surface area contributed by atoms with Crippen LogP contribution >= 0.6 is 0 Å². The van der Waals surface area contributed by atoms with E-state index in [0.29, 0.717) is 26.2 Å². The molecule has 2 aliphatic heterocycles. The summed E-state index contributed by atoms with van der Waals surface area (Å²) in [6.07, 6.45) is 0.641. The van der Waals surface area contributed by atoms with Crippen molar-refractivity contribution in [3.05, 3.63) is 29.8 Å². The molecule has 0 saturated carbocycles. The second kappa shape index (κ2) is 8.71. The zero-order valence-corrected chi connectivity index (χ0v) is 17.7. The van der Waals surface area contributed by atoms with Gasteiger partial charge in [-0.15, -0.1) is 0 Å². The fourth-order valence-electron chi connectivity index (χ4n) is 3.46. The molecule has 0 aliphatic carbocycles. The predicted octanol–water partition coefficient (Wildman–Crippen LogP) is 2.07. The number of nitrogens with one attached hydrogen (secondary N) is 2. The molecule has 1 atom stereocenters. The molecule has 0 bridgehead atoms. The van der Waals surface area contributed by atoms with E-state index >= 15 is 0 Å². The minimum atomic E-state index is -0.503. The Bertz CT molecular complexity index is 787. The Morgan fingerprint density at radius 2 is 2.07 bits per heavy atom. The molecule has 2 N–H and O–H groups in total. The van der Waals surface area contributed by atoms with Crippen molar-refractivity contribution in [3.63, 3.8) is 0 Å². The molecule has 1 aromatic carbocycles. The lowest BCUT2D eigenvalue weighted by atomic mass is 10.1. The molecule has 2 aliphatic rings. The third-order valence-electron chi connectivity index (χ3n) is 4.88. The Morgan fingerprint density at radius 1 is 1.28 bits per heavy atom. The van der Waals surface area contributed by atoms with Crippen molar-refractivity contribution in [2.45, 2.75) is 45.8 Å². The smallest absolute Gasteiger partial charge is 0.410 e. The van der Waals surface area contributed by atoms with Crippen molar-refractivity contribution < 1.29 is 14.3 Å². The van der Waals surface area contributed by atoms with Crippen molar-refractivity contribution in [1.29, 1.82) is 0 Å². The first-order valence-corrected chi connectivity index (χ1v) is 10.2. The van der Waals surface area contributed by atoms with E-state index in [9.17, 15) is 9.59 Å². The topological polar surface area (TPSA) is 86.3 Å². The van der Waals surface area contributed by atoms with Crippen molar-refractivity contribution in [3.8, 4) is 0 Å². The number of aryl methyl sites for hydroxylation is 1. The van der Waals surface area contributed by atoms with E-state index in [-0.39, 0.29) is 24.6 Å². The third kappa shape index (κ3) is 5.62. The minimum absolute atomic E-state index is 0.114. The summed E-state index contributed by atoms with van der Waals surface area (Å²) in [5.41, 5.74) is 1.48. The van der Waals surface area contributed by atoms with E-state index in [0.717, 1.165) is 18.1 Å². The zero-order chi connectivity index (χ0) is 21.0. The predicted molar refractivity (Wildman–Crippen MR) is 113 cm³/mol. The fraction of sp³-hybridized carbons (Fsp3) is 0.571. The maximum Gasteiger partial charge on any atom is 0.410 e. The van der Waals surface area contributed by atoms with Crippen LogP contribution in [0.2, 0.25) is 0 Å². The molecule has 2 amide bonds. The monoisotopic (exact) mass is 401 g/mol. The number of fused-ring (bicyclic) bond motifs is 1. The van der Waals surface area contributed by atoms with Crippen LogP contribution in [0.4, 0.5) is 10.5 Å². The first-order valence-electron chi connectivity index (χ1n) is 10.2. The quantitative estimate of drug-likeness (QED) is 0.807. The minimum Gasteiger partial charge on any atom is -0.444 e. The molecular formula is C21H31N5O3. The number of hydrogen-bond donors (Lipinski definition) is 2. The number of guanidine groups is 1. The number of carbonyl (C=O) groups excluding carboxylic acids is 2. The van der Waals surface area contributed by atoms with Crippen molar-refractivity contribution in [2.24, 2.45) is 4.99 Å². The number of anilines is 1. The third-order valence-corrected chi connectivity index (χ3v) is 4.88. The summed E-state index contributed by atoms with van der Waals surface area (Å²) in [5, 5.41) is 6.05. The summed E-state index contributed by atoms with van der Waals surface area (Å²) in [5.74, 6) is 0.605. The van der Waals surface area contributed by atoms with Gasteiger partial charge in [0.25, 0.3) is 0 Å². The van der Waals surface area contributed by atoms with Crippen LogP contribution in [0.5, 0.6) is 0 Å². The molecule has 29 heavy (non-hydrogen) atoms. The molecule has 0 aromatic heterocycles. The van der Waals surface area contributed by atoms with Gasteiger partial charge in [0.1, 0.15) is 5.60 Å². The number of ether oxygens (including phenoxy) is 1. The van der Waals surface area contributed by atoms with Gasteiger partial charge in [0.05, 0.1) is 19.1 Å². The van der Waals surface area contributed by atoms with Gasteiger partial charge in [0, 0.05) is 25.3 Å². The van der Waals surface area contributed by atoms with Crippen LogP contribution in [0.15, 0.2) is 29.3 Å². The number of nitrogens with zero attached hydrogens (tertiary/aromatic N) is 3. The van der Waals surface area contributed by atoms with Crippen molar-refractivity contribution in [1.82, 2.24) is 15.1 Å². The number of carbonyl (C=O) groups is 2. The van der Waals surface area contributed by atoms with E-state index in [1.165, 1.54) is 5.56 Å². The van der Waals surface area contributed by atoms with Gasteiger partial charge in [-0.2, -0.15) is 0 Å². The normalized spacial score (nSPS) is 18.8. The number of piperazine rings is 1. The lowest BCUT2D eigenvalue weighted by Gasteiger charge is -2.39. The molecular weight excluding hydrogens is 370 g/mol. The second-order valence-electron chi connectivity index (χ2n) is 8.39. The fourth-order valence-corrected chi connectivity index (χ4v) is 3.46. The van der Waals surface area contributed by atoms with Gasteiger partial charge in [-0.05, 0) is 44.9 Å². The summed E-state index contributed by atoms with van der Waals surface area (Å²) in [6.45, 7) is 10.2. The molecule has 0 spiro atoms. The Hall–Kier alpha value is -2.77. The summed E-state index contributed by atoms with van der Waals surface area (Å²) in [6, 6.07) is 7.96. The van der Waals surface area contributed by atoms with Crippen LogP contribution in [-0.4, -0.2) is 72.1 Å². The first kappa shape index (κ1) is 21.0. The number of rotatable bonds is 4. The van der Waals surface area contributed by atoms with E-state index in [1.807, 2.05) is 45.0 Å². The Balaban J connectivity index is 1.47. The maximum absolute atomic E-state index is 12.3. The zero-order valence-electron chi connectivity index (χ0n) is 17.7. The Labute approximate surface area is 172 Å². The number of benzene rings is 1. The molecule has 8 nitrogen and oxygen atoms in total. The highest BCUT2D eigenvalue weighted by Gasteiger charge is 2.36. The molecule has 2 heterocycles. The van der Waals surface area contributed by atoms with Crippen molar-refractivity contribution >= 4 is 23.6 Å². The van der Waals surface area contributed by atoms with Crippen LogP contribution in [0, 0.1) is 0 Å². The van der Waals surface area contributed by atoms with Gasteiger partial charge in [0.15, 0.2) is 5.96 Å². The van der Waals surface area contributed by atoms with Gasteiger partial charge < -0.3 is 25.2 Å². The van der Waals surface area contributed by atoms with Gasteiger partial charge in [-0.3, -0.25) is 9.79 Å². The highest BCUT2D eigenvalue weighted by atomic mass is 16.6. The SMILES string of the molecule is CCc1cccc(NC(=O)CNC2=NCC3CN(C(=O)OC(C)(C)C)CCN23)c1. The maximum atomic E-state index is 12.3. The highest BCUT2D eigenvalue weighted by molar-refractivity contribution is 5.95. The summed E-state index contributed by atoms with van der Waals surface area (Å²) in [4.78, 5) is 33.0. The number of aliphatic imine (C=N–C) groups is 1. The molecule has 8 heteroatoms. The Kier molecular flexibility index (Phi) is 6.30. The van der Waals surface area contributed by atoms with Gasteiger partial charge in [-0.1, -0.05) is 19.1 Å². The first-order chi connectivity index (χ1) is 13.7. The largest absolute Gasteiger partial charge is 0.444 e. The molecule has 1 unspecified atom stereocenters. The van der Waals surface area contributed by atoms with E-state index in [1.54, 1.807) is 4.90 Å². The van der Waals surface area contributed by atoms with Crippen LogP contribution < -0.4 is 10.6 Å². The van der Waals surface area contributed by atoms with Gasteiger partial charge in [0.2, 0.25) is 5.91 Å². The summed E-state index contributed by atoms with van der Waals surface area (Å²) >= 11 is 0. The average Bonchev–Trinajstić information content (AvgIpc) is 3.07. The number of hydrogen-bond acceptors (Lipinski definition) is 6. The number of amides is 2. The summed E-state index contributed by atoms with van der Waals surface area (Å²) < 4.78 is 5.47.